The van der Waals surface area contributed by atoms with Crippen LogP contribution in [0.25, 0.3) is 21.8 Å². The summed E-state index contributed by atoms with van der Waals surface area (Å²) in [7, 11) is 0. The fourth-order valence-electron chi connectivity index (χ4n) is 1.83. The Labute approximate surface area is 91.3 Å². The molecule has 0 aliphatic heterocycles. The lowest BCUT2D eigenvalue weighted by molar-refractivity contribution is 0.488. The third-order valence-corrected chi connectivity index (χ3v) is 2.57. The highest BCUT2D eigenvalue weighted by molar-refractivity contribution is 5.91. The normalized spacial score (nSPS) is 11.1. The number of nitrogens with zero attached hydrogens (tertiary/aromatic N) is 1. The van der Waals surface area contributed by atoms with E-state index >= 15 is 0 Å². The second kappa shape index (κ2) is 3.17. The molecular weight excluding hydrogens is 202 g/mol. The Morgan fingerprint density at radius 1 is 1.12 bits per heavy atom. The van der Waals surface area contributed by atoms with Gasteiger partial charge < -0.3 is 4.42 Å². The minimum Gasteiger partial charge on any atom is -0.428 e. The van der Waals surface area contributed by atoms with Crippen molar-refractivity contribution in [3.8, 4) is 0 Å². The number of para-hydroxylation sites is 1. The quantitative estimate of drug-likeness (QED) is 0.537. The zero-order valence-electron chi connectivity index (χ0n) is 8.73. The van der Waals surface area contributed by atoms with E-state index in [1.807, 2.05) is 30.3 Å². The van der Waals surface area contributed by atoms with Gasteiger partial charge in [-0.2, -0.15) is 0 Å². The summed E-state index contributed by atoms with van der Waals surface area (Å²) in [6.07, 6.45) is 0. The van der Waals surface area contributed by atoms with E-state index in [0.717, 1.165) is 10.9 Å². The summed E-state index contributed by atoms with van der Waals surface area (Å²) in [5, 5.41) is 1.48. The van der Waals surface area contributed by atoms with Gasteiger partial charge in [0.25, 0.3) is 0 Å². The van der Waals surface area contributed by atoms with Crippen molar-refractivity contribution < 1.29 is 4.42 Å². The summed E-state index contributed by atoms with van der Waals surface area (Å²) in [5.74, 6) is 0.584. The standard InChI is InChI=1S/C13H9NO2/c1-8-6-12-10(13(15)16-8)7-9-4-2-3-5-11(9)14-12/h2-7H,1H3. The number of rotatable bonds is 0. The summed E-state index contributed by atoms with van der Waals surface area (Å²) < 4.78 is 5.04. The molecule has 2 heterocycles. The van der Waals surface area contributed by atoms with Crippen LogP contribution in [0.1, 0.15) is 5.76 Å². The van der Waals surface area contributed by atoms with E-state index in [9.17, 15) is 4.79 Å². The molecule has 0 aliphatic rings. The number of hydrogen-bond acceptors (Lipinski definition) is 3. The minimum absolute atomic E-state index is 0.326. The lowest BCUT2D eigenvalue weighted by Gasteiger charge is -2.00. The van der Waals surface area contributed by atoms with Gasteiger partial charge in [0.2, 0.25) is 0 Å². The maximum absolute atomic E-state index is 11.6. The van der Waals surface area contributed by atoms with Crippen molar-refractivity contribution in [2.45, 2.75) is 6.92 Å². The van der Waals surface area contributed by atoms with E-state index < -0.39 is 0 Å². The van der Waals surface area contributed by atoms with Crippen LogP contribution in [-0.2, 0) is 0 Å². The van der Waals surface area contributed by atoms with Crippen LogP contribution in [0.3, 0.4) is 0 Å². The molecule has 0 radical (unpaired) electrons. The van der Waals surface area contributed by atoms with Crippen molar-refractivity contribution in [2.75, 3.05) is 0 Å². The molecule has 3 nitrogen and oxygen atoms in total. The van der Waals surface area contributed by atoms with E-state index in [1.54, 1.807) is 13.0 Å². The zero-order valence-corrected chi connectivity index (χ0v) is 8.73. The van der Waals surface area contributed by atoms with Gasteiger partial charge in [-0.15, -0.1) is 0 Å². The van der Waals surface area contributed by atoms with Crippen molar-refractivity contribution in [3.05, 3.63) is 52.6 Å². The third-order valence-electron chi connectivity index (χ3n) is 2.57. The van der Waals surface area contributed by atoms with Crippen molar-refractivity contribution in [1.82, 2.24) is 4.98 Å². The van der Waals surface area contributed by atoms with Gasteiger partial charge in [-0.3, -0.25) is 0 Å². The Balaban J connectivity index is 2.56. The van der Waals surface area contributed by atoms with Crippen LogP contribution in [0.5, 0.6) is 0 Å². The first kappa shape index (κ1) is 9.09. The topological polar surface area (TPSA) is 43.1 Å². The Morgan fingerprint density at radius 3 is 2.81 bits per heavy atom. The molecule has 1 aromatic carbocycles. The van der Waals surface area contributed by atoms with Crippen molar-refractivity contribution >= 4 is 21.8 Å². The molecular formula is C13H9NO2. The molecule has 0 amide bonds. The average molecular weight is 211 g/mol. The highest BCUT2D eigenvalue weighted by atomic mass is 16.4. The molecule has 3 rings (SSSR count). The molecule has 0 aliphatic carbocycles. The molecule has 78 valence electrons. The van der Waals surface area contributed by atoms with E-state index in [1.165, 1.54) is 0 Å². The highest BCUT2D eigenvalue weighted by Gasteiger charge is 2.04. The molecule has 0 spiro atoms. The lowest BCUT2D eigenvalue weighted by atomic mass is 10.1. The summed E-state index contributed by atoms with van der Waals surface area (Å²) in [6.45, 7) is 1.75. The molecule has 0 fully saturated rings. The Bertz CT molecular complexity index is 744. The molecule has 0 saturated carbocycles. The van der Waals surface area contributed by atoms with Crippen LogP contribution in [0.15, 0.2) is 45.6 Å². The van der Waals surface area contributed by atoms with E-state index in [-0.39, 0.29) is 5.63 Å². The van der Waals surface area contributed by atoms with Gasteiger partial charge >= 0.3 is 5.63 Å². The van der Waals surface area contributed by atoms with Gasteiger partial charge in [0.15, 0.2) is 0 Å². The van der Waals surface area contributed by atoms with E-state index in [2.05, 4.69) is 4.98 Å². The number of fused-ring (bicyclic) bond motifs is 2. The molecule has 0 bridgehead atoms. The van der Waals surface area contributed by atoms with Gasteiger partial charge in [-0.25, -0.2) is 9.78 Å². The van der Waals surface area contributed by atoms with E-state index in [4.69, 9.17) is 4.42 Å². The Hall–Kier alpha value is -2.16. The van der Waals surface area contributed by atoms with Crippen LogP contribution in [0.2, 0.25) is 0 Å². The first-order valence-electron chi connectivity index (χ1n) is 5.04. The highest BCUT2D eigenvalue weighted by Crippen LogP contribution is 2.17. The van der Waals surface area contributed by atoms with Crippen molar-refractivity contribution in [1.29, 1.82) is 0 Å². The van der Waals surface area contributed by atoms with Crippen LogP contribution < -0.4 is 5.63 Å². The van der Waals surface area contributed by atoms with E-state index in [0.29, 0.717) is 16.7 Å². The zero-order chi connectivity index (χ0) is 11.1. The second-order valence-corrected chi connectivity index (χ2v) is 3.76. The molecule has 3 heteroatoms. The number of benzene rings is 1. The van der Waals surface area contributed by atoms with Gasteiger partial charge in [0.05, 0.1) is 16.4 Å². The summed E-state index contributed by atoms with van der Waals surface area (Å²) in [5.41, 5.74) is 1.25. The number of pyridine rings is 1. The first-order valence-corrected chi connectivity index (χ1v) is 5.04. The number of aryl methyl sites for hydroxylation is 1. The minimum atomic E-state index is -0.326. The molecule has 3 aromatic rings. The maximum atomic E-state index is 11.6. The molecule has 16 heavy (non-hydrogen) atoms. The monoisotopic (exact) mass is 211 g/mol. The summed E-state index contributed by atoms with van der Waals surface area (Å²) >= 11 is 0. The number of aromatic nitrogens is 1. The molecule has 0 unspecified atom stereocenters. The predicted octanol–water partition coefficient (Wildman–Crippen LogP) is 2.65. The van der Waals surface area contributed by atoms with Gasteiger partial charge in [-0.1, -0.05) is 18.2 Å². The van der Waals surface area contributed by atoms with Crippen molar-refractivity contribution in [2.24, 2.45) is 0 Å². The SMILES string of the molecule is Cc1cc2nc3ccccc3cc2c(=O)o1. The first-order chi connectivity index (χ1) is 7.74. The smallest absolute Gasteiger partial charge is 0.345 e. The predicted molar refractivity (Wildman–Crippen MR) is 62.5 cm³/mol. The Morgan fingerprint density at radius 2 is 1.94 bits per heavy atom. The lowest BCUT2D eigenvalue weighted by Crippen LogP contribution is -2.01. The largest absolute Gasteiger partial charge is 0.428 e. The molecule has 0 saturated heterocycles. The van der Waals surface area contributed by atoms with Gasteiger partial charge in [-0.05, 0) is 19.1 Å². The van der Waals surface area contributed by atoms with Crippen LogP contribution in [0, 0.1) is 6.92 Å². The van der Waals surface area contributed by atoms with Crippen molar-refractivity contribution in [3.63, 3.8) is 0 Å². The van der Waals surface area contributed by atoms with Crippen LogP contribution >= 0.6 is 0 Å². The summed E-state index contributed by atoms with van der Waals surface area (Å²) in [6, 6.07) is 11.3. The van der Waals surface area contributed by atoms with Crippen LogP contribution in [-0.4, -0.2) is 4.98 Å². The Kier molecular flexibility index (Phi) is 1.80. The average Bonchev–Trinajstić information content (AvgIpc) is 2.27. The van der Waals surface area contributed by atoms with Crippen LogP contribution in [0.4, 0.5) is 0 Å². The second-order valence-electron chi connectivity index (χ2n) is 3.76. The molecule has 0 N–H and O–H groups in total. The van der Waals surface area contributed by atoms with Gasteiger partial charge in [0, 0.05) is 11.5 Å². The van der Waals surface area contributed by atoms with Gasteiger partial charge in [0.1, 0.15) is 5.76 Å². The fraction of sp³-hybridized carbons (Fsp3) is 0.0769. The maximum Gasteiger partial charge on any atom is 0.345 e. The molecule has 2 aromatic heterocycles. The molecule has 0 atom stereocenters. The third kappa shape index (κ3) is 1.29. The fourth-order valence-corrected chi connectivity index (χ4v) is 1.83. The number of hydrogen-bond donors (Lipinski definition) is 0. The summed E-state index contributed by atoms with van der Waals surface area (Å²) in [4.78, 5) is 16.1.